The molecule has 4 heteroatoms. The summed E-state index contributed by atoms with van der Waals surface area (Å²) in [6, 6.07) is 27.4. The van der Waals surface area contributed by atoms with Gasteiger partial charge in [-0.3, -0.25) is 0 Å². The van der Waals surface area contributed by atoms with Gasteiger partial charge in [-0.05, 0) is 72.2 Å². The highest BCUT2D eigenvalue weighted by Gasteiger charge is 2.16. The molecule has 0 amide bonds. The Kier molecular flexibility index (Phi) is 9.77. The van der Waals surface area contributed by atoms with E-state index in [1.54, 1.807) is 0 Å². The van der Waals surface area contributed by atoms with Gasteiger partial charge in [0.05, 0.1) is 12.2 Å². The molecule has 0 saturated heterocycles. The van der Waals surface area contributed by atoms with Crippen LogP contribution in [0.3, 0.4) is 0 Å². The molecule has 0 spiro atoms. The molecule has 186 valence electrons. The van der Waals surface area contributed by atoms with Crippen LogP contribution < -0.4 is 9.64 Å². The molecule has 3 aromatic rings. The lowest BCUT2D eigenvalue weighted by Gasteiger charge is -2.29. The fourth-order valence-electron chi connectivity index (χ4n) is 3.94. The van der Waals surface area contributed by atoms with Gasteiger partial charge in [0.2, 0.25) is 5.96 Å². The number of likely N-dealkylation sites (N-methyl/N-ethyl adjacent to an activating group) is 1. The number of nitrogens with zero attached hydrogens (tertiary/aromatic N) is 3. The third kappa shape index (κ3) is 7.35. The van der Waals surface area contributed by atoms with E-state index in [9.17, 15) is 0 Å². The second kappa shape index (κ2) is 13.0. The molecular formula is C31H41N3O. The van der Waals surface area contributed by atoms with Crippen molar-refractivity contribution in [2.75, 3.05) is 32.1 Å². The van der Waals surface area contributed by atoms with E-state index in [2.05, 4.69) is 100 Å². The summed E-state index contributed by atoms with van der Waals surface area (Å²) in [7, 11) is 4.16. The molecule has 0 fully saturated rings. The topological polar surface area (TPSA) is 28.1 Å². The second-order valence-corrected chi connectivity index (χ2v) is 9.36. The van der Waals surface area contributed by atoms with Gasteiger partial charge in [-0.2, -0.15) is 0 Å². The molecule has 0 radical (unpaired) electrons. The molecule has 0 aliphatic rings. The van der Waals surface area contributed by atoms with Crippen LogP contribution in [-0.2, 0) is 0 Å². The molecule has 2 unspecified atom stereocenters. The first-order valence-corrected chi connectivity index (χ1v) is 12.8. The van der Waals surface area contributed by atoms with Gasteiger partial charge in [0.15, 0.2) is 0 Å². The maximum Gasteiger partial charge on any atom is 0.205 e. The van der Waals surface area contributed by atoms with Crippen molar-refractivity contribution in [3.05, 3.63) is 90.0 Å². The van der Waals surface area contributed by atoms with E-state index >= 15 is 0 Å². The van der Waals surface area contributed by atoms with Gasteiger partial charge in [0, 0.05) is 19.8 Å². The van der Waals surface area contributed by atoms with Gasteiger partial charge in [-0.1, -0.05) is 70.2 Å². The van der Waals surface area contributed by atoms with Crippen LogP contribution in [0, 0.1) is 0 Å². The van der Waals surface area contributed by atoms with Gasteiger partial charge >= 0.3 is 0 Å². The molecule has 0 aliphatic heterocycles. The molecule has 3 rings (SSSR count). The zero-order chi connectivity index (χ0) is 25.2. The highest BCUT2D eigenvalue weighted by molar-refractivity contribution is 5.97. The first-order valence-electron chi connectivity index (χ1n) is 12.8. The summed E-state index contributed by atoms with van der Waals surface area (Å²) in [4.78, 5) is 9.39. The first-order chi connectivity index (χ1) is 16.9. The van der Waals surface area contributed by atoms with Crippen LogP contribution in [0.15, 0.2) is 83.9 Å². The van der Waals surface area contributed by atoms with Gasteiger partial charge in [-0.15, -0.1) is 0 Å². The monoisotopic (exact) mass is 471 g/mol. The molecule has 0 heterocycles. The molecule has 3 aromatic carbocycles. The summed E-state index contributed by atoms with van der Waals surface area (Å²) in [6.45, 7) is 10.3. The summed E-state index contributed by atoms with van der Waals surface area (Å²) in [5.41, 5.74) is 4.79. The Morgan fingerprint density at radius 2 is 1.31 bits per heavy atom. The number of anilines is 1. The number of benzene rings is 3. The first kappa shape index (κ1) is 26.3. The van der Waals surface area contributed by atoms with Gasteiger partial charge in [0.1, 0.15) is 12.4 Å². The number of hydrogen-bond acceptors (Lipinski definition) is 2. The lowest BCUT2D eigenvalue weighted by molar-refractivity contribution is 0.283. The summed E-state index contributed by atoms with van der Waals surface area (Å²) in [5.74, 6) is 2.88. The Bertz CT molecular complexity index is 1040. The molecule has 4 nitrogen and oxygen atoms in total. The quantitative estimate of drug-likeness (QED) is 0.223. The van der Waals surface area contributed by atoms with Crippen molar-refractivity contribution < 1.29 is 4.74 Å². The summed E-state index contributed by atoms with van der Waals surface area (Å²) >= 11 is 0. The number of guanidine groups is 1. The highest BCUT2D eigenvalue weighted by Crippen LogP contribution is 2.25. The number of para-hydroxylation sites is 1. The molecule has 0 saturated carbocycles. The van der Waals surface area contributed by atoms with Crippen molar-refractivity contribution in [3.63, 3.8) is 0 Å². The number of hydrogen-bond donors (Lipinski definition) is 0. The maximum absolute atomic E-state index is 5.96. The number of ether oxygens (including phenoxy) is 1. The smallest absolute Gasteiger partial charge is 0.205 e. The molecule has 2 atom stereocenters. The highest BCUT2D eigenvalue weighted by atomic mass is 16.5. The Balaban J connectivity index is 1.83. The van der Waals surface area contributed by atoms with Gasteiger partial charge < -0.3 is 14.5 Å². The fourth-order valence-corrected chi connectivity index (χ4v) is 3.94. The van der Waals surface area contributed by atoms with Crippen molar-refractivity contribution in [1.29, 1.82) is 0 Å². The maximum atomic E-state index is 5.96. The lowest BCUT2D eigenvalue weighted by Crippen LogP contribution is -2.42. The normalized spacial score (nSPS) is 13.3. The molecule has 35 heavy (non-hydrogen) atoms. The minimum Gasteiger partial charge on any atom is -0.492 e. The minimum atomic E-state index is 0.553. The Hall–Kier alpha value is -3.27. The molecular weight excluding hydrogens is 430 g/mol. The van der Waals surface area contributed by atoms with Gasteiger partial charge in [0.25, 0.3) is 0 Å². The molecule has 0 aromatic heterocycles. The van der Waals surface area contributed by atoms with E-state index < -0.39 is 0 Å². The van der Waals surface area contributed by atoms with Crippen LogP contribution in [0.2, 0.25) is 0 Å². The molecule has 0 aliphatic carbocycles. The zero-order valence-electron chi connectivity index (χ0n) is 22.2. The van der Waals surface area contributed by atoms with Crippen molar-refractivity contribution in [1.82, 2.24) is 4.90 Å². The number of rotatable bonds is 10. The fraction of sp³-hybridized carbons (Fsp3) is 0.387. The SMILES string of the molecule is CCC(C)c1ccc(N=C(N(C)CCOc2ccccc2)N(C)c2ccc(C(C)CC)cc2)cc1. The largest absolute Gasteiger partial charge is 0.492 e. The standard InChI is InChI=1S/C31H41N3O/c1-7-24(3)26-14-18-28(19-15-26)32-31(33(5)22-23-35-30-12-10-9-11-13-30)34(6)29-20-16-27(17-21-29)25(4)8-2/h9-21,24-25H,7-8,22-23H2,1-6H3. The Morgan fingerprint density at radius 3 is 1.86 bits per heavy atom. The van der Waals surface area contributed by atoms with Crippen molar-refractivity contribution >= 4 is 17.3 Å². The average molecular weight is 472 g/mol. The van der Waals surface area contributed by atoms with Gasteiger partial charge in [-0.25, -0.2) is 4.99 Å². The van der Waals surface area contributed by atoms with Crippen LogP contribution >= 0.6 is 0 Å². The predicted molar refractivity (Wildman–Crippen MR) is 150 cm³/mol. The summed E-state index contributed by atoms with van der Waals surface area (Å²) in [5, 5.41) is 0. The van der Waals surface area contributed by atoms with Crippen LogP contribution in [0.25, 0.3) is 0 Å². The van der Waals surface area contributed by atoms with Crippen LogP contribution in [0.4, 0.5) is 11.4 Å². The number of aliphatic imine (C=N–C) groups is 1. The Labute approximate surface area is 212 Å². The predicted octanol–water partition coefficient (Wildman–Crippen LogP) is 7.85. The van der Waals surface area contributed by atoms with E-state index in [0.717, 1.165) is 35.9 Å². The zero-order valence-corrected chi connectivity index (χ0v) is 22.2. The van der Waals surface area contributed by atoms with Crippen molar-refractivity contribution in [3.8, 4) is 5.75 Å². The average Bonchev–Trinajstić information content (AvgIpc) is 2.91. The lowest BCUT2D eigenvalue weighted by atomic mass is 9.98. The van der Waals surface area contributed by atoms with E-state index in [0.29, 0.717) is 25.0 Å². The van der Waals surface area contributed by atoms with E-state index in [1.165, 1.54) is 11.1 Å². The van der Waals surface area contributed by atoms with Crippen molar-refractivity contribution in [2.24, 2.45) is 4.99 Å². The Morgan fingerprint density at radius 1 is 0.771 bits per heavy atom. The molecule has 0 N–H and O–H groups in total. The van der Waals surface area contributed by atoms with E-state index in [-0.39, 0.29) is 0 Å². The third-order valence-corrected chi connectivity index (χ3v) is 6.85. The third-order valence-electron chi connectivity index (χ3n) is 6.85. The van der Waals surface area contributed by atoms with Crippen LogP contribution in [0.5, 0.6) is 5.75 Å². The van der Waals surface area contributed by atoms with E-state index in [1.807, 2.05) is 30.3 Å². The van der Waals surface area contributed by atoms with Crippen molar-refractivity contribution in [2.45, 2.75) is 52.4 Å². The van der Waals surface area contributed by atoms with Crippen LogP contribution in [-0.4, -0.2) is 38.1 Å². The summed E-state index contributed by atoms with van der Waals surface area (Å²) in [6.07, 6.45) is 2.27. The minimum absolute atomic E-state index is 0.553. The molecule has 0 bridgehead atoms. The second-order valence-electron chi connectivity index (χ2n) is 9.36. The van der Waals surface area contributed by atoms with Crippen LogP contribution in [0.1, 0.15) is 63.5 Å². The summed E-state index contributed by atoms with van der Waals surface area (Å²) < 4.78 is 5.96. The van der Waals surface area contributed by atoms with E-state index in [4.69, 9.17) is 9.73 Å².